The highest BCUT2D eigenvalue weighted by Crippen LogP contribution is 2.34. The molecule has 0 saturated carbocycles. The minimum atomic E-state index is 0.242. The first-order valence-corrected chi connectivity index (χ1v) is 8.65. The molecule has 0 radical (unpaired) electrons. The van der Waals surface area contributed by atoms with Gasteiger partial charge in [-0.15, -0.1) is 11.3 Å². The highest BCUT2D eigenvalue weighted by Gasteiger charge is 2.34. The molecule has 112 valence electrons. The van der Waals surface area contributed by atoms with Crippen molar-refractivity contribution in [2.75, 3.05) is 24.6 Å². The molecule has 4 heterocycles. The summed E-state index contributed by atoms with van der Waals surface area (Å²) >= 11 is 1.79. The van der Waals surface area contributed by atoms with Gasteiger partial charge in [-0.05, 0) is 42.7 Å². The molecule has 2 atom stereocenters. The zero-order valence-corrected chi connectivity index (χ0v) is 12.9. The molecule has 0 aromatic carbocycles. The van der Waals surface area contributed by atoms with E-state index in [1.807, 2.05) is 6.20 Å². The van der Waals surface area contributed by atoms with Crippen molar-refractivity contribution in [2.45, 2.75) is 31.4 Å². The zero-order chi connectivity index (χ0) is 14.2. The summed E-state index contributed by atoms with van der Waals surface area (Å²) in [6.07, 6.45) is 5.57. The molecule has 4 nitrogen and oxygen atoms in total. The summed E-state index contributed by atoms with van der Waals surface area (Å²) in [4.78, 5) is 6.93. The average molecular weight is 303 g/mol. The number of nitrogens with zero attached hydrogens (tertiary/aromatic N) is 2. The van der Waals surface area contributed by atoms with Gasteiger partial charge < -0.3 is 15.4 Å². The van der Waals surface area contributed by atoms with Crippen LogP contribution in [-0.2, 0) is 4.74 Å². The first kappa shape index (κ1) is 13.5. The smallest absolute Gasteiger partial charge is 0.0830 e. The van der Waals surface area contributed by atoms with Crippen LogP contribution < -0.4 is 10.6 Å². The van der Waals surface area contributed by atoms with Gasteiger partial charge in [-0.25, -0.2) is 0 Å². The van der Waals surface area contributed by atoms with Crippen LogP contribution in [0.3, 0.4) is 0 Å². The maximum atomic E-state index is 6.17. The second kappa shape index (κ2) is 5.55. The van der Waals surface area contributed by atoms with E-state index in [0.717, 1.165) is 31.6 Å². The maximum Gasteiger partial charge on any atom is 0.0830 e. The highest BCUT2D eigenvalue weighted by molar-refractivity contribution is 7.17. The van der Waals surface area contributed by atoms with Crippen LogP contribution in [0.5, 0.6) is 0 Å². The molecule has 2 aromatic rings. The molecule has 5 heteroatoms. The molecule has 4 rings (SSSR count). The summed E-state index contributed by atoms with van der Waals surface area (Å²) < 4.78 is 7.16. The van der Waals surface area contributed by atoms with Crippen molar-refractivity contribution in [3.05, 3.63) is 23.7 Å². The summed E-state index contributed by atoms with van der Waals surface area (Å²) in [5.74, 6) is 0.624. The molecular weight excluding hydrogens is 282 g/mol. The number of nitrogens with two attached hydrogens (primary N) is 1. The molecule has 0 bridgehead atoms. The molecule has 0 amide bonds. The maximum absolute atomic E-state index is 6.17. The first-order valence-electron chi connectivity index (χ1n) is 7.77. The van der Waals surface area contributed by atoms with Crippen LogP contribution in [0.4, 0.5) is 5.69 Å². The van der Waals surface area contributed by atoms with E-state index < -0.39 is 0 Å². The van der Waals surface area contributed by atoms with Crippen molar-refractivity contribution in [3.63, 3.8) is 0 Å². The summed E-state index contributed by atoms with van der Waals surface area (Å²) in [6.45, 7) is 3.02. The third-order valence-corrected chi connectivity index (χ3v) is 5.78. The summed E-state index contributed by atoms with van der Waals surface area (Å²) in [5.41, 5.74) is 8.62. The molecule has 2 fully saturated rings. The fraction of sp³-hybridized carbons (Fsp3) is 0.562. The molecule has 2 aromatic heterocycles. The molecule has 0 spiro atoms. The van der Waals surface area contributed by atoms with E-state index in [1.165, 1.54) is 23.2 Å². The third-order valence-electron chi connectivity index (χ3n) is 4.85. The topological polar surface area (TPSA) is 51.4 Å². The number of piperidine rings is 1. The van der Waals surface area contributed by atoms with Crippen LogP contribution in [-0.4, -0.2) is 36.8 Å². The average Bonchev–Trinajstić information content (AvgIpc) is 3.15. The Hall–Kier alpha value is -1.17. The summed E-state index contributed by atoms with van der Waals surface area (Å²) in [6, 6.07) is 4.49. The minimum Gasteiger partial charge on any atom is -0.376 e. The number of ether oxygens (including phenoxy) is 1. The number of aromatic nitrogens is 1. The van der Waals surface area contributed by atoms with Gasteiger partial charge >= 0.3 is 0 Å². The Kier molecular flexibility index (Phi) is 3.57. The number of anilines is 1. The van der Waals surface area contributed by atoms with Gasteiger partial charge in [0.05, 0.1) is 22.0 Å². The molecule has 2 aliphatic rings. The van der Waals surface area contributed by atoms with Crippen molar-refractivity contribution in [1.82, 2.24) is 4.98 Å². The standard InChI is InChI=1S/C16H21N3OS/c17-12-4-9-20-15(12)11-2-7-19(8-3-11)14-1-6-18-13-5-10-21-16(13)14/h1,5-6,10-12,15H,2-4,7-9,17H2/t12-,15+/m1/s1. The van der Waals surface area contributed by atoms with E-state index in [-0.39, 0.29) is 12.1 Å². The van der Waals surface area contributed by atoms with Crippen molar-refractivity contribution >= 4 is 27.2 Å². The lowest BCUT2D eigenvalue weighted by molar-refractivity contribution is 0.0462. The molecule has 2 saturated heterocycles. The Morgan fingerprint density at radius 2 is 2.10 bits per heavy atom. The predicted octanol–water partition coefficient (Wildman–Crippen LogP) is 2.63. The zero-order valence-electron chi connectivity index (χ0n) is 12.1. The van der Waals surface area contributed by atoms with Gasteiger partial charge in [0.15, 0.2) is 0 Å². The first-order chi connectivity index (χ1) is 10.3. The number of rotatable bonds is 2. The molecule has 0 aliphatic carbocycles. The summed E-state index contributed by atoms with van der Waals surface area (Å²) in [7, 11) is 0. The Morgan fingerprint density at radius 3 is 2.86 bits per heavy atom. The van der Waals surface area contributed by atoms with Crippen LogP contribution in [0.25, 0.3) is 10.2 Å². The lowest BCUT2D eigenvalue weighted by Gasteiger charge is -2.36. The van der Waals surface area contributed by atoms with Crippen molar-refractivity contribution < 1.29 is 4.74 Å². The van der Waals surface area contributed by atoms with Crippen LogP contribution in [0, 0.1) is 5.92 Å². The summed E-state index contributed by atoms with van der Waals surface area (Å²) in [5, 5.41) is 2.12. The minimum absolute atomic E-state index is 0.242. The van der Waals surface area contributed by atoms with Crippen molar-refractivity contribution in [1.29, 1.82) is 0 Å². The van der Waals surface area contributed by atoms with Crippen LogP contribution in [0.1, 0.15) is 19.3 Å². The predicted molar refractivity (Wildman–Crippen MR) is 86.9 cm³/mol. The third kappa shape index (κ3) is 2.43. The van der Waals surface area contributed by atoms with Gasteiger partial charge in [0, 0.05) is 31.9 Å². The second-order valence-corrected chi connectivity index (χ2v) is 6.99. The quantitative estimate of drug-likeness (QED) is 0.926. The van der Waals surface area contributed by atoms with E-state index >= 15 is 0 Å². The van der Waals surface area contributed by atoms with Gasteiger partial charge in [-0.2, -0.15) is 0 Å². The van der Waals surface area contributed by atoms with E-state index in [9.17, 15) is 0 Å². The number of thiophene rings is 1. The van der Waals surface area contributed by atoms with Crippen LogP contribution in [0.2, 0.25) is 0 Å². The lowest BCUT2D eigenvalue weighted by Crippen LogP contribution is -2.43. The monoisotopic (exact) mass is 303 g/mol. The second-order valence-electron chi connectivity index (χ2n) is 6.08. The van der Waals surface area contributed by atoms with E-state index in [0.29, 0.717) is 5.92 Å². The molecular formula is C16H21N3OS. The van der Waals surface area contributed by atoms with Gasteiger partial charge in [-0.3, -0.25) is 4.98 Å². The van der Waals surface area contributed by atoms with E-state index in [4.69, 9.17) is 10.5 Å². The van der Waals surface area contributed by atoms with Crippen molar-refractivity contribution in [3.8, 4) is 0 Å². The largest absolute Gasteiger partial charge is 0.376 e. The molecule has 0 unspecified atom stereocenters. The molecule has 21 heavy (non-hydrogen) atoms. The number of hydrogen-bond donors (Lipinski definition) is 1. The number of pyridine rings is 1. The van der Waals surface area contributed by atoms with Gasteiger partial charge in [0.1, 0.15) is 0 Å². The SMILES string of the molecule is N[C@@H]1CCO[C@H]1C1CCN(c2ccnc3ccsc23)CC1. The molecule has 2 N–H and O–H groups in total. The highest BCUT2D eigenvalue weighted by atomic mass is 32.1. The van der Waals surface area contributed by atoms with E-state index in [2.05, 4.69) is 27.4 Å². The Labute approximate surface area is 128 Å². The fourth-order valence-corrected chi connectivity index (χ4v) is 4.58. The van der Waals surface area contributed by atoms with Crippen LogP contribution in [0.15, 0.2) is 23.7 Å². The Morgan fingerprint density at radius 1 is 1.24 bits per heavy atom. The normalized spacial score (nSPS) is 27.6. The number of fused-ring (bicyclic) bond motifs is 1. The van der Waals surface area contributed by atoms with Crippen LogP contribution >= 0.6 is 11.3 Å². The van der Waals surface area contributed by atoms with Gasteiger partial charge in [0.2, 0.25) is 0 Å². The lowest BCUT2D eigenvalue weighted by atomic mass is 9.87. The van der Waals surface area contributed by atoms with E-state index in [1.54, 1.807) is 11.3 Å². The Bertz CT molecular complexity index is 621. The Balaban J connectivity index is 1.49. The van der Waals surface area contributed by atoms with Gasteiger partial charge in [0.25, 0.3) is 0 Å². The molecule has 2 aliphatic heterocycles. The van der Waals surface area contributed by atoms with Gasteiger partial charge in [-0.1, -0.05) is 0 Å². The van der Waals surface area contributed by atoms with Crippen molar-refractivity contribution in [2.24, 2.45) is 11.7 Å². The number of hydrogen-bond acceptors (Lipinski definition) is 5. The fourth-order valence-electron chi connectivity index (χ4n) is 3.69.